The normalized spacial score (nSPS) is 14.0. The third kappa shape index (κ3) is 4.18. The molecule has 0 spiro atoms. The Morgan fingerprint density at radius 2 is 1.93 bits per heavy atom. The Balaban J connectivity index is 1.58. The Morgan fingerprint density at radius 1 is 1.20 bits per heavy atom. The molecule has 0 saturated heterocycles. The van der Waals surface area contributed by atoms with Crippen LogP contribution in [0.15, 0.2) is 48.8 Å². The molecule has 0 radical (unpaired) electrons. The third-order valence-corrected chi connectivity index (χ3v) is 5.50. The van der Waals surface area contributed by atoms with Crippen molar-refractivity contribution in [3.8, 4) is 11.3 Å². The quantitative estimate of drug-likeness (QED) is 0.461. The fourth-order valence-corrected chi connectivity index (χ4v) is 3.98. The molecule has 1 aliphatic rings. The Kier molecular flexibility index (Phi) is 5.76. The predicted octanol–water partition coefficient (Wildman–Crippen LogP) is 4.55. The molecule has 0 unspecified atom stereocenters. The average Bonchev–Trinajstić information content (AvgIpc) is 3.42. The van der Waals surface area contributed by atoms with Crippen LogP contribution in [0.2, 0.25) is 5.02 Å². The molecule has 1 amide bonds. The molecular weight excluding hydrogens is 406 g/mol. The molecule has 1 saturated carbocycles. The average molecular weight is 426 g/mol. The van der Waals surface area contributed by atoms with E-state index in [1.807, 2.05) is 22.9 Å². The second kappa shape index (κ2) is 8.62. The van der Waals surface area contributed by atoms with E-state index in [2.05, 4.69) is 10.3 Å². The minimum atomic E-state index is -0.596. The molecule has 4 rings (SSSR count). The third-order valence-electron chi connectivity index (χ3n) is 5.26. The second-order valence-electron chi connectivity index (χ2n) is 7.24. The van der Waals surface area contributed by atoms with Gasteiger partial charge in [0.15, 0.2) is 0 Å². The number of pyridine rings is 1. The molecule has 0 bridgehead atoms. The summed E-state index contributed by atoms with van der Waals surface area (Å²) in [5.41, 5.74) is 2.31. The predicted molar refractivity (Wildman–Crippen MR) is 112 cm³/mol. The summed E-state index contributed by atoms with van der Waals surface area (Å²) in [6, 6.07) is 10.1. The number of nitrogens with one attached hydrogen (secondary N) is 1. The zero-order valence-electron chi connectivity index (χ0n) is 16.1. The first kappa shape index (κ1) is 20.0. The largest absolute Gasteiger partial charge is 0.346 e. The Morgan fingerprint density at radius 3 is 2.63 bits per heavy atom. The molecule has 1 fully saturated rings. The SMILES string of the molecule is O=C(NCc1cc(-c2ccncc2)n(C2CCCC2)n1)c1cc(Cl)ccc1[N+](=O)[O-]. The first-order valence-electron chi connectivity index (χ1n) is 9.74. The van der Waals surface area contributed by atoms with E-state index in [4.69, 9.17) is 16.7 Å². The van der Waals surface area contributed by atoms with Crippen LogP contribution in [0.1, 0.15) is 47.8 Å². The van der Waals surface area contributed by atoms with E-state index in [1.165, 1.54) is 31.0 Å². The van der Waals surface area contributed by atoms with Gasteiger partial charge >= 0.3 is 0 Å². The molecule has 0 aliphatic heterocycles. The Labute approximate surface area is 178 Å². The molecule has 3 aromatic rings. The number of aromatic nitrogens is 3. The molecule has 1 aliphatic carbocycles. The molecule has 2 heterocycles. The second-order valence-corrected chi connectivity index (χ2v) is 7.68. The Hall–Kier alpha value is -3.26. The van der Waals surface area contributed by atoms with Gasteiger partial charge in [0.05, 0.1) is 28.9 Å². The molecule has 9 heteroatoms. The standard InChI is InChI=1S/C21H20ClN5O3/c22-15-5-6-19(27(29)30)18(11-15)21(28)24-13-16-12-20(14-7-9-23-10-8-14)26(25-16)17-3-1-2-4-17/h5-12,17H,1-4,13H2,(H,24,28). The lowest BCUT2D eigenvalue weighted by molar-refractivity contribution is -0.385. The summed E-state index contributed by atoms with van der Waals surface area (Å²) in [4.78, 5) is 27.3. The lowest BCUT2D eigenvalue weighted by Gasteiger charge is -2.14. The Bertz CT molecular complexity index is 1080. The van der Waals surface area contributed by atoms with Gasteiger partial charge in [-0.05, 0) is 43.2 Å². The number of carbonyl (C=O) groups excluding carboxylic acids is 1. The van der Waals surface area contributed by atoms with Crippen LogP contribution in [0, 0.1) is 10.1 Å². The van der Waals surface area contributed by atoms with Crippen LogP contribution in [0.5, 0.6) is 0 Å². The van der Waals surface area contributed by atoms with Crippen molar-refractivity contribution in [2.75, 3.05) is 0 Å². The van der Waals surface area contributed by atoms with Crippen molar-refractivity contribution < 1.29 is 9.72 Å². The maximum absolute atomic E-state index is 12.6. The van der Waals surface area contributed by atoms with Crippen molar-refractivity contribution in [1.29, 1.82) is 0 Å². The van der Waals surface area contributed by atoms with E-state index in [0.29, 0.717) is 11.7 Å². The van der Waals surface area contributed by atoms with Crippen molar-refractivity contribution in [3.05, 3.63) is 75.2 Å². The number of halogens is 1. The van der Waals surface area contributed by atoms with Crippen molar-refractivity contribution >= 4 is 23.2 Å². The highest BCUT2D eigenvalue weighted by Gasteiger charge is 2.23. The number of nitrogens with zero attached hydrogens (tertiary/aromatic N) is 4. The topological polar surface area (TPSA) is 103 Å². The van der Waals surface area contributed by atoms with Gasteiger partial charge in [0.2, 0.25) is 0 Å². The van der Waals surface area contributed by atoms with Crippen LogP contribution in [0.3, 0.4) is 0 Å². The van der Waals surface area contributed by atoms with Gasteiger partial charge in [0, 0.05) is 29.0 Å². The van der Waals surface area contributed by atoms with Gasteiger partial charge in [-0.3, -0.25) is 24.6 Å². The molecular formula is C21H20ClN5O3. The highest BCUT2D eigenvalue weighted by atomic mass is 35.5. The number of hydrogen-bond acceptors (Lipinski definition) is 5. The zero-order chi connectivity index (χ0) is 21.1. The summed E-state index contributed by atoms with van der Waals surface area (Å²) in [6.45, 7) is 0.153. The van der Waals surface area contributed by atoms with Gasteiger partial charge in [0.25, 0.3) is 11.6 Å². The van der Waals surface area contributed by atoms with Gasteiger partial charge in [0.1, 0.15) is 5.56 Å². The van der Waals surface area contributed by atoms with Crippen molar-refractivity contribution in [2.45, 2.75) is 38.3 Å². The number of nitro benzene ring substituents is 1. The van der Waals surface area contributed by atoms with Crippen LogP contribution < -0.4 is 5.32 Å². The first-order chi connectivity index (χ1) is 14.5. The lowest BCUT2D eigenvalue weighted by atomic mass is 10.1. The maximum Gasteiger partial charge on any atom is 0.282 e. The van der Waals surface area contributed by atoms with Crippen molar-refractivity contribution in [2.24, 2.45) is 0 Å². The fraction of sp³-hybridized carbons (Fsp3) is 0.286. The van der Waals surface area contributed by atoms with E-state index in [0.717, 1.165) is 24.1 Å². The summed E-state index contributed by atoms with van der Waals surface area (Å²) in [6.07, 6.45) is 7.96. The highest BCUT2D eigenvalue weighted by Crippen LogP contribution is 2.33. The number of benzene rings is 1. The molecule has 2 aromatic heterocycles. The molecule has 154 valence electrons. The minimum Gasteiger partial charge on any atom is -0.346 e. The summed E-state index contributed by atoms with van der Waals surface area (Å²) in [7, 11) is 0. The van der Waals surface area contributed by atoms with Gasteiger partial charge in [-0.25, -0.2) is 0 Å². The number of nitro groups is 1. The van der Waals surface area contributed by atoms with Gasteiger partial charge in [-0.15, -0.1) is 0 Å². The van der Waals surface area contributed by atoms with Crippen LogP contribution in [0.4, 0.5) is 5.69 Å². The van der Waals surface area contributed by atoms with Crippen molar-refractivity contribution in [3.63, 3.8) is 0 Å². The number of rotatable bonds is 6. The number of carbonyl (C=O) groups is 1. The van der Waals surface area contributed by atoms with E-state index < -0.39 is 10.8 Å². The van der Waals surface area contributed by atoms with Crippen molar-refractivity contribution in [1.82, 2.24) is 20.1 Å². The molecule has 8 nitrogen and oxygen atoms in total. The van der Waals surface area contributed by atoms with E-state index in [-0.39, 0.29) is 22.8 Å². The lowest BCUT2D eigenvalue weighted by Crippen LogP contribution is -2.24. The van der Waals surface area contributed by atoms with Crippen LogP contribution in [-0.2, 0) is 6.54 Å². The maximum atomic E-state index is 12.6. The summed E-state index contributed by atoms with van der Waals surface area (Å²) < 4.78 is 2.03. The number of hydrogen-bond donors (Lipinski definition) is 1. The van der Waals surface area contributed by atoms with Crippen LogP contribution >= 0.6 is 11.6 Å². The smallest absolute Gasteiger partial charge is 0.282 e. The highest BCUT2D eigenvalue weighted by molar-refractivity contribution is 6.31. The zero-order valence-corrected chi connectivity index (χ0v) is 16.9. The minimum absolute atomic E-state index is 0.0721. The summed E-state index contributed by atoms with van der Waals surface area (Å²) in [5.74, 6) is -0.565. The van der Waals surface area contributed by atoms with E-state index in [9.17, 15) is 14.9 Å². The van der Waals surface area contributed by atoms with E-state index in [1.54, 1.807) is 12.4 Å². The summed E-state index contributed by atoms with van der Waals surface area (Å²) >= 11 is 5.92. The van der Waals surface area contributed by atoms with Crippen LogP contribution in [0.25, 0.3) is 11.3 Å². The molecule has 1 aromatic carbocycles. The van der Waals surface area contributed by atoms with Gasteiger partial charge in [-0.1, -0.05) is 24.4 Å². The molecule has 0 atom stereocenters. The van der Waals surface area contributed by atoms with E-state index >= 15 is 0 Å². The summed E-state index contributed by atoms with van der Waals surface area (Å²) in [5, 5.41) is 18.9. The molecule has 30 heavy (non-hydrogen) atoms. The molecule has 1 N–H and O–H groups in total. The first-order valence-corrected chi connectivity index (χ1v) is 10.1. The van der Waals surface area contributed by atoms with Crippen LogP contribution in [-0.4, -0.2) is 25.6 Å². The fourth-order valence-electron chi connectivity index (χ4n) is 3.81. The van der Waals surface area contributed by atoms with Gasteiger partial charge < -0.3 is 5.32 Å². The monoisotopic (exact) mass is 425 g/mol. The van der Waals surface area contributed by atoms with Gasteiger partial charge in [-0.2, -0.15) is 5.10 Å². The number of amides is 1.